The predicted octanol–water partition coefficient (Wildman–Crippen LogP) is 4.57. The standard InChI is InChI=1S/C15H15NS/c1-16(13-8-3-2-4-9-13)15-11-12-7-5-6-10-14(12)17-15/h3,5-11H,2,4H2,1H3. The molecule has 0 spiro atoms. The second-order valence-corrected chi connectivity index (χ2v) is 5.35. The van der Waals surface area contributed by atoms with E-state index in [4.69, 9.17) is 0 Å². The molecule has 0 fully saturated rings. The van der Waals surface area contributed by atoms with Crippen LogP contribution in [-0.2, 0) is 0 Å². The highest BCUT2D eigenvalue weighted by Gasteiger charge is 2.09. The molecule has 2 heteroatoms. The zero-order chi connectivity index (χ0) is 11.7. The molecule has 0 unspecified atom stereocenters. The summed E-state index contributed by atoms with van der Waals surface area (Å²) in [5.41, 5.74) is 1.31. The van der Waals surface area contributed by atoms with Crippen molar-refractivity contribution in [3.05, 3.63) is 54.3 Å². The van der Waals surface area contributed by atoms with E-state index in [0.717, 1.165) is 6.42 Å². The molecule has 2 aromatic rings. The van der Waals surface area contributed by atoms with E-state index in [0.29, 0.717) is 0 Å². The molecule has 1 aromatic carbocycles. The number of benzene rings is 1. The molecule has 0 atom stereocenters. The quantitative estimate of drug-likeness (QED) is 0.744. The van der Waals surface area contributed by atoms with Gasteiger partial charge in [-0.25, -0.2) is 0 Å². The third-order valence-electron chi connectivity index (χ3n) is 3.11. The molecule has 0 saturated heterocycles. The Morgan fingerprint density at radius 3 is 2.82 bits per heavy atom. The van der Waals surface area contributed by atoms with Crippen LogP contribution in [0.1, 0.15) is 12.8 Å². The molecule has 0 N–H and O–H groups in total. The van der Waals surface area contributed by atoms with Gasteiger partial charge in [0.2, 0.25) is 0 Å². The van der Waals surface area contributed by atoms with E-state index >= 15 is 0 Å². The Morgan fingerprint density at radius 1 is 1.18 bits per heavy atom. The van der Waals surface area contributed by atoms with Crippen LogP contribution < -0.4 is 4.90 Å². The summed E-state index contributed by atoms with van der Waals surface area (Å²) in [5, 5.41) is 2.64. The molecule has 1 aliphatic carbocycles. The molecule has 0 radical (unpaired) electrons. The van der Waals surface area contributed by atoms with Crippen LogP contribution in [0.15, 0.2) is 54.3 Å². The van der Waals surface area contributed by atoms with Crippen molar-refractivity contribution in [3.8, 4) is 0 Å². The summed E-state index contributed by atoms with van der Waals surface area (Å²) in [6.07, 6.45) is 9.10. The van der Waals surface area contributed by atoms with Gasteiger partial charge in [0.25, 0.3) is 0 Å². The van der Waals surface area contributed by atoms with Crippen molar-refractivity contribution in [1.29, 1.82) is 0 Å². The molecule has 1 aliphatic rings. The van der Waals surface area contributed by atoms with Gasteiger partial charge in [-0.05, 0) is 36.4 Å². The molecule has 0 amide bonds. The molecule has 1 aromatic heterocycles. The number of hydrogen-bond acceptors (Lipinski definition) is 2. The summed E-state index contributed by atoms with van der Waals surface area (Å²) in [7, 11) is 2.15. The lowest BCUT2D eigenvalue weighted by atomic mass is 10.1. The van der Waals surface area contributed by atoms with Gasteiger partial charge in [-0.15, -0.1) is 11.3 Å². The lowest BCUT2D eigenvalue weighted by Crippen LogP contribution is -2.14. The summed E-state index contributed by atoms with van der Waals surface area (Å²) < 4.78 is 1.36. The number of thiophene rings is 1. The second kappa shape index (κ2) is 4.38. The van der Waals surface area contributed by atoms with Crippen molar-refractivity contribution in [1.82, 2.24) is 0 Å². The topological polar surface area (TPSA) is 3.24 Å². The zero-order valence-corrected chi connectivity index (χ0v) is 10.7. The first-order valence-electron chi connectivity index (χ1n) is 5.93. The van der Waals surface area contributed by atoms with Gasteiger partial charge in [0.1, 0.15) is 0 Å². The van der Waals surface area contributed by atoms with Gasteiger partial charge in [0.15, 0.2) is 0 Å². The van der Waals surface area contributed by atoms with Crippen LogP contribution in [0.3, 0.4) is 0 Å². The van der Waals surface area contributed by atoms with Gasteiger partial charge >= 0.3 is 0 Å². The van der Waals surface area contributed by atoms with Crippen LogP contribution in [0.5, 0.6) is 0 Å². The normalized spacial score (nSPS) is 15.0. The molecule has 1 nitrogen and oxygen atoms in total. The molecular formula is C15H15NS. The predicted molar refractivity (Wildman–Crippen MR) is 76.7 cm³/mol. The summed E-state index contributed by atoms with van der Waals surface area (Å²) in [6.45, 7) is 0. The van der Waals surface area contributed by atoms with Crippen LogP contribution in [0.2, 0.25) is 0 Å². The molecule has 0 bridgehead atoms. The first-order valence-corrected chi connectivity index (χ1v) is 6.75. The minimum absolute atomic E-state index is 1.15. The van der Waals surface area contributed by atoms with Gasteiger partial charge in [0, 0.05) is 17.4 Å². The molecule has 3 rings (SSSR count). The van der Waals surface area contributed by atoms with E-state index in [2.05, 4.69) is 60.5 Å². The summed E-state index contributed by atoms with van der Waals surface area (Å²) >= 11 is 1.85. The largest absolute Gasteiger partial charge is 0.337 e. The number of likely N-dealkylation sites (N-methyl/N-ethyl adjacent to an activating group) is 1. The van der Waals surface area contributed by atoms with E-state index in [9.17, 15) is 0 Å². The maximum atomic E-state index is 2.31. The third kappa shape index (κ3) is 2.01. The number of allylic oxidation sites excluding steroid dienone is 3. The summed E-state index contributed by atoms with van der Waals surface area (Å²) in [5.74, 6) is 0. The van der Waals surface area contributed by atoms with Crippen LogP contribution in [0.25, 0.3) is 10.1 Å². The third-order valence-corrected chi connectivity index (χ3v) is 4.30. The van der Waals surface area contributed by atoms with E-state index in [1.807, 2.05) is 11.3 Å². The highest BCUT2D eigenvalue weighted by Crippen LogP contribution is 2.34. The van der Waals surface area contributed by atoms with E-state index in [-0.39, 0.29) is 0 Å². The fraction of sp³-hybridized carbons (Fsp3) is 0.200. The lowest BCUT2D eigenvalue weighted by Gasteiger charge is -2.20. The van der Waals surface area contributed by atoms with Crippen molar-refractivity contribution in [3.63, 3.8) is 0 Å². The minimum Gasteiger partial charge on any atom is -0.337 e. The van der Waals surface area contributed by atoms with E-state index in [1.54, 1.807) is 0 Å². The molecule has 0 saturated carbocycles. The van der Waals surface area contributed by atoms with Gasteiger partial charge in [-0.2, -0.15) is 0 Å². The van der Waals surface area contributed by atoms with E-state index < -0.39 is 0 Å². The van der Waals surface area contributed by atoms with Crippen LogP contribution in [0, 0.1) is 0 Å². The van der Waals surface area contributed by atoms with Crippen molar-refractivity contribution in [2.24, 2.45) is 0 Å². The summed E-state index contributed by atoms with van der Waals surface area (Å²) in [4.78, 5) is 2.28. The summed E-state index contributed by atoms with van der Waals surface area (Å²) in [6, 6.07) is 10.8. The SMILES string of the molecule is CN(C1=CCCC=C1)c1cc2ccccc2s1. The monoisotopic (exact) mass is 241 g/mol. The Morgan fingerprint density at radius 2 is 2.06 bits per heavy atom. The molecule has 86 valence electrons. The number of fused-ring (bicyclic) bond motifs is 1. The Kier molecular flexibility index (Phi) is 2.73. The zero-order valence-electron chi connectivity index (χ0n) is 9.89. The van der Waals surface area contributed by atoms with Crippen molar-refractivity contribution in [2.75, 3.05) is 11.9 Å². The fourth-order valence-corrected chi connectivity index (χ4v) is 3.15. The van der Waals surface area contributed by atoms with Gasteiger partial charge < -0.3 is 4.90 Å². The number of hydrogen-bond donors (Lipinski definition) is 0. The first kappa shape index (κ1) is 10.6. The maximum Gasteiger partial charge on any atom is 0.0962 e. The fourth-order valence-electron chi connectivity index (χ4n) is 2.11. The van der Waals surface area contributed by atoms with E-state index in [1.165, 1.54) is 27.2 Å². The Bertz CT molecular complexity index is 559. The molecule has 17 heavy (non-hydrogen) atoms. The maximum absolute atomic E-state index is 2.31. The second-order valence-electron chi connectivity index (χ2n) is 4.29. The number of rotatable bonds is 2. The molecule has 0 aliphatic heterocycles. The lowest BCUT2D eigenvalue weighted by molar-refractivity contribution is 0.988. The molecule has 1 heterocycles. The average Bonchev–Trinajstić information content (AvgIpc) is 2.82. The van der Waals surface area contributed by atoms with Gasteiger partial charge in [-0.1, -0.05) is 30.4 Å². The highest BCUT2D eigenvalue weighted by atomic mass is 32.1. The Hall–Kier alpha value is -1.54. The highest BCUT2D eigenvalue weighted by molar-refractivity contribution is 7.22. The average molecular weight is 241 g/mol. The van der Waals surface area contributed by atoms with Crippen LogP contribution in [0.4, 0.5) is 5.00 Å². The van der Waals surface area contributed by atoms with Crippen molar-refractivity contribution in [2.45, 2.75) is 12.8 Å². The smallest absolute Gasteiger partial charge is 0.0962 e. The molecular weight excluding hydrogens is 226 g/mol. The van der Waals surface area contributed by atoms with Crippen LogP contribution >= 0.6 is 11.3 Å². The Labute approximate surface area is 106 Å². The van der Waals surface area contributed by atoms with Crippen molar-refractivity contribution < 1.29 is 0 Å². The van der Waals surface area contributed by atoms with Gasteiger partial charge in [0.05, 0.1) is 5.00 Å². The number of nitrogens with zero attached hydrogens (tertiary/aromatic N) is 1. The van der Waals surface area contributed by atoms with Gasteiger partial charge in [-0.3, -0.25) is 0 Å². The first-order chi connectivity index (χ1) is 8.34. The minimum atomic E-state index is 1.15. The van der Waals surface area contributed by atoms with Crippen molar-refractivity contribution >= 4 is 26.4 Å². The number of anilines is 1. The Balaban J connectivity index is 1.97. The van der Waals surface area contributed by atoms with Crippen LogP contribution in [-0.4, -0.2) is 7.05 Å².